The highest BCUT2D eigenvalue weighted by atomic mass is 16.5. The number of aromatic nitrogens is 2. The minimum absolute atomic E-state index is 0.142. The summed E-state index contributed by atoms with van der Waals surface area (Å²) in [5.41, 5.74) is 3.06. The van der Waals surface area contributed by atoms with Crippen molar-refractivity contribution in [2.75, 3.05) is 4.90 Å². The summed E-state index contributed by atoms with van der Waals surface area (Å²) in [4.78, 5) is 41.7. The number of carbonyl (C=O) groups is 2. The summed E-state index contributed by atoms with van der Waals surface area (Å²) in [7, 11) is 1.69. The Bertz CT molecular complexity index is 1420. The number of amides is 2. The lowest BCUT2D eigenvalue weighted by molar-refractivity contribution is -0.121. The molecule has 0 radical (unpaired) electrons. The van der Waals surface area contributed by atoms with E-state index in [1.54, 1.807) is 25.5 Å². The number of anilines is 1. The Balaban J connectivity index is 1.77. The highest BCUT2D eigenvalue weighted by Gasteiger charge is 2.32. The molecule has 3 heterocycles. The smallest absolute Gasteiger partial charge is 0.274 e. The molecule has 1 fully saturated rings. The number of rotatable bonds is 4. The van der Waals surface area contributed by atoms with E-state index >= 15 is 0 Å². The maximum Gasteiger partial charge on any atom is 0.274 e. The first-order valence-electron chi connectivity index (χ1n) is 10.3. The lowest BCUT2D eigenvalue weighted by Gasteiger charge is -2.21. The summed E-state index contributed by atoms with van der Waals surface area (Å²) in [5.74, 6) is 0.795. The van der Waals surface area contributed by atoms with Gasteiger partial charge in [-0.25, -0.2) is 0 Å². The zero-order chi connectivity index (χ0) is 22.4. The Morgan fingerprint density at radius 1 is 0.938 bits per heavy atom. The first-order valence-corrected chi connectivity index (χ1v) is 10.3. The number of nitrogens with zero attached hydrogens (tertiary/aromatic N) is 2. The summed E-state index contributed by atoms with van der Waals surface area (Å²) in [6.45, 7) is 1.85. The third-order valence-electron chi connectivity index (χ3n) is 5.75. The maximum absolute atomic E-state index is 12.6. The van der Waals surface area contributed by atoms with Crippen LogP contribution >= 0.6 is 0 Å². The molecule has 0 saturated carbocycles. The molecule has 1 saturated heterocycles. The van der Waals surface area contributed by atoms with E-state index < -0.39 is 0 Å². The molecule has 7 nitrogen and oxygen atoms in total. The van der Waals surface area contributed by atoms with E-state index in [0.717, 1.165) is 16.5 Å². The van der Waals surface area contributed by atoms with Crippen molar-refractivity contribution in [1.82, 2.24) is 9.55 Å². The van der Waals surface area contributed by atoms with Crippen LogP contribution in [0, 0.1) is 6.92 Å². The van der Waals surface area contributed by atoms with Gasteiger partial charge in [0.2, 0.25) is 11.8 Å². The molecular weight excluding hydrogens is 406 g/mol. The van der Waals surface area contributed by atoms with Crippen LogP contribution in [0.5, 0.6) is 11.5 Å². The van der Waals surface area contributed by atoms with Crippen LogP contribution in [0.3, 0.4) is 0 Å². The molecule has 0 bridgehead atoms. The third kappa shape index (κ3) is 3.19. The summed E-state index contributed by atoms with van der Waals surface area (Å²) < 4.78 is 7.73. The van der Waals surface area contributed by atoms with Gasteiger partial charge in [-0.15, -0.1) is 0 Å². The SMILES string of the molecule is Cc1cc(Oc2ccccc2)c(-c2cn(C)c(=O)c3[nH]ccc23)cc1N1C(=O)CCC1=O. The van der Waals surface area contributed by atoms with Gasteiger partial charge in [0.1, 0.15) is 17.0 Å². The van der Waals surface area contributed by atoms with Crippen LogP contribution in [-0.2, 0) is 16.6 Å². The molecule has 0 unspecified atom stereocenters. The van der Waals surface area contributed by atoms with Gasteiger partial charge in [0.05, 0.1) is 5.69 Å². The normalized spacial score (nSPS) is 13.9. The fraction of sp³-hybridized carbons (Fsp3) is 0.160. The molecular formula is C25H21N3O4. The number of ether oxygens (including phenoxy) is 1. The van der Waals surface area contributed by atoms with Crippen LogP contribution < -0.4 is 15.2 Å². The summed E-state index contributed by atoms with van der Waals surface area (Å²) in [6.07, 6.45) is 3.88. The van der Waals surface area contributed by atoms with E-state index in [1.165, 1.54) is 9.47 Å². The Morgan fingerprint density at radius 2 is 1.66 bits per heavy atom. The van der Waals surface area contributed by atoms with E-state index in [0.29, 0.717) is 28.3 Å². The molecule has 2 aromatic heterocycles. The van der Waals surface area contributed by atoms with Crippen molar-refractivity contribution in [3.8, 4) is 22.6 Å². The average molecular weight is 427 g/mol. The monoisotopic (exact) mass is 427 g/mol. The molecule has 5 rings (SSSR count). The first-order chi connectivity index (χ1) is 15.4. The first kappa shape index (κ1) is 19.8. The topological polar surface area (TPSA) is 84.4 Å². The maximum atomic E-state index is 12.6. The van der Waals surface area contributed by atoms with Crippen LogP contribution in [0.4, 0.5) is 5.69 Å². The van der Waals surface area contributed by atoms with E-state index in [2.05, 4.69) is 4.98 Å². The fourth-order valence-electron chi connectivity index (χ4n) is 4.15. The zero-order valence-corrected chi connectivity index (χ0v) is 17.7. The molecule has 160 valence electrons. The van der Waals surface area contributed by atoms with Crippen LogP contribution in [0.15, 0.2) is 65.7 Å². The Hall–Kier alpha value is -4.13. The highest BCUT2D eigenvalue weighted by Crippen LogP contribution is 2.41. The molecule has 32 heavy (non-hydrogen) atoms. The average Bonchev–Trinajstić information content (AvgIpc) is 3.39. The lowest BCUT2D eigenvalue weighted by atomic mass is 9.99. The van der Waals surface area contributed by atoms with E-state index in [-0.39, 0.29) is 30.2 Å². The molecule has 4 aromatic rings. The summed E-state index contributed by atoms with van der Waals surface area (Å²) in [6, 6.07) is 14.9. The number of carbonyl (C=O) groups excluding carboxylic acids is 2. The highest BCUT2D eigenvalue weighted by molar-refractivity contribution is 6.20. The van der Waals surface area contributed by atoms with E-state index in [9.17, 15) is 14.4 Å². The van der Waals surface area contributed by atoms with Gasteiger partial charge in [-0.05, 0) is 42.8 Å². The second-order valence-corrected chi connectivity index (χ2v) is 7.90. The standard InChI is InChI=1S/C25H21N3O4/c1-15-12-21(32-16-6-4-3-5-7-16)18(13-20(15)28-22(29)8-9-23(28)30)19-14-27(2)25(31)24-17(19)10-11-26-24/h3-7,10-14,26H,8-9H2,1-2H3. The van der Waals surface area contributed by atoms with Crippen molar-refractivity contribution < 1.29 is 14.3 Å². The van der Waals surface area contributed by atoms with Crippen molar-refractivity contribution in [3.63, 3.8) is 0 Å². The number of nitrogens with one attached hydrogen (secondary N) is 1. The predicted octanol–water partition coefficient (Wildman–Crippen LogP) is 4.29. The number of fused-ring (bicyclic) bond motifs is 1. The Labute approximate surface area is 183 Å². The van der Waals surface area contributed by atoms with Gasteiger partial charge in [-0.3, -0.25) is 19.3 Å². The minimum Gasteiger partial charge on any atom is -0.457 e. The Morgan fingerprint density at radius 3 is 2.38 bits per heavy atom. The molecule has 1 aliphatic rings. The number of H-pyrrole nitrogens is 1. The minimum atomic E-state index is -0.215. The van der Waals surface area contributed by atoms with Gasteiger partial charge in [-0.1, -0.05) is 18.2 Å². The van der Waals surface area contributed by atoms with Gasteiger partial charge in [0.25, 0.3) is 5.56 Å². The number of imide groups is 1. The molecule has 2 aromatic carbocycles. The summed E-state index contributed by atoms with van der Waals surface area (Å²) >= 11 is 0. The third-order valence-corrected chi connectivity index (χ3v) is 5.75. The number of para-hydroxylation sites is 1. The number of benzene rings is 2. The van der Waals surface area contributed by atoms with Crippen molar-refractivity contribution in [3.05, 3.63) is 76.8 Å². The second-order valence-electron chi connectivity index (χ2n) is 7.90. The molecule has 0 spiro atoms. The van der Waals surface area contributed by atoms with Crippen molar-refractivity contribution in [2.24, 2.45) is 7.05 Å². The van der Waals surface area contributed by atoms with E-state index in [1.807, 2.05) is 49.4 Å². The zero-order valence-electron chi connectivity index (χ0n) is 17.7. The predicted molar refractivity (Wildman–Crippen MR) is 122 cm³/mol. The number of hydrogen-bond donors (Lipinski definition) is 1. The number of aromatic amines is 1. The molecule has 0 atom stereocenters. The Kier molecular flexibility index (Phi) is 4.66. The molecule has 2 amide bonds. The lowest BCUT2D eigenvalue weighted by Crippen LogP contribution is -2.29. The van der Waals surface area contributed by atoms with Gasteiger partial charge < -0.3 is 14.3 Å². The molecule has 1 N–H and O–H groups in total. The number of hydrogen-bond acceptors (Lipinski definition) is 4. The van der Waals surface area contributed by atoms with Gasteiger partial charge in [0, 0.05) is 48.8 Å². The van der Waals surface area contributed by atoms with Crippen molar-refractivity contribution >= 4 is 28.4 Å². The number of pyridine rings is 1. The van der Waals surface area contributed by atoms with Gasteiger partial charge >= 0.3 is 0 Å². The quantitative estimate of drug-likeness (QED) is 0.493. The van der Waals surface area contributed by atoms with Gasteiger partial charge in [-0.2, -0.15) is 0 Å². The van der Waals surface area contributed by atoms with Crippen molar-refractivity contribution in [1.29, 1.82) is 0 Å². The largest absolute Gasteiger partial charge is 0.457 e. The van der Waals surface area contributed by atoms with Crippen LogP contribution in [0.2, 0.25) is 0 Å². The van der Waals surface area contributed by atoms with E-state index in [4.69, 9.17) is 4.74 Å². The summed E-state index contributed by atoms with van der Waals surface area (Å²) in [5, 5.41) is 0.736. The molecule has 1 aliphatic heterocycles. The second kappa shape index (κ2) is 7.53. The van der Waals surface area contributed by atoms with Crippen molar-refractivity contribution in [2.45, 2.75) is 19.8 Å². The molecule has 0 aliphatic carbocycles. The fourth-order valence-corrected chi connectivity index (χ4v) is 4.15. The molecule has 7 heteroatoms. The van der Waals surface area contributed by atoms with Gasteiger partial charge in [0.15, 0.2) is 0 Å². The van der Waals surface area contributed by atoms with Crippen LogP contribution in [0.25, 0.3) is 22.0 Å². The van der Waals surface area contributed by atoms with Crippen LogP contribution in [0.1, 0.15) is 18.4 Å². The number of aryl methyl sites for hydroxylation is 2. The van der Waals surface area contributed by atoms with Crippen LogP contribution in [-0.4, -0.2) is 21.4 Å².